The Kier molecular flexibility index (Phi) is 3.91. The average Bonchev–Trinajstić information content (AvgIpc) is 2.15. The maximum absolute atomic E-state index is 12.2. The third-order valence-electron chi connectivity index (χ3n) is 3.27. The molecule has 2 atom stereocenters. The van der Waals surface area contributed by atoms with Gasteiger partial charge in [0.05, 0.1) is 0 Å². The molecule has 0 aromatic carbocycles. The van der Waals surface area contributed by atoms with Gasteiger partial charge in [-0.3, -0.25) is 19.8 Å². The van der Waals surface area contributed by atoms with E-state index in [9.17, 15) is 14.4 Å². The Morgan fingerprint density at radius 2 is 1.59 bits per heavy atom. The molecule has 0 radical (unpaired) electrons. The van der Waals surface area contributed by atoms with Gasteiger partial charge in [0.2, 0.25) is 11.8 Å². The van der Waals surface area contributed by atoms with Crippen molar-refractivity contribution in [3.8, 4) is 0 Å². The minimum atomic E-state index is -0.756. The predicted molar refractivity (Wildman–Crippen MR) is 63.0 cm³/mol. The summed E-state index contributed by atoms with van der Waals surface area (Å²) in [5.41, 5.74) is 0. The average molecular weight is 240 g/mol. The summed E-state index contributed by atoms with van der Waals surface area (Å²) < 4.78 is 0. The van der Waals surface area contributed by atoms with Crippen molar-refractivity contribution in [1.82, 2.24) is 10.2 Å². The molecular weight excluding hydrogens is 220 g/mol. The number of barbiturate groups is 1. The molecular formula is C12H20N2O3. The van der Waals surface area contributed by atoms with Gasteiger partial charge in [0.1, 0.15) is 5.92 Å². The lowest BCUT2D eigenvalue weighted by molar-refractivity contribution is -0.146. The number of urea groups is 1. The molecule has 0 spiro atoms. The van der Waals surface area contributed by atoms with Crippen LogP contribution in [0.2, 0.25) is 0 Å². The van der Waals surface area contributed by atoms with E-state index in [1.54, 1.807) is 13.8 Å². The van der Waals surface area contributed by atoms with Crippen LogP contribution in [-0.2, 0) is 9.59 Å². The van der Waals surface area contributed by atoms with Gasteiger partial charge in [0.15, 0.2) is 0 Å². The van der Waals surface area contributed by atoms with Crippen molar-refractivity contribution in [2.24, 2.45) is 17.8 Å². The van der Waals surface area contributed by atoms with E-state index in [1.807, 2.05) is 20.8 Å². The molecule has 0 bridgehead atoms. The number of carbonyl (C=O) groups excluding carboxylic acids is 3. The molecule has 1 saturated heterocycles. The zero-order valence-electron chi connectivity index (χ0n) is 11.0. The topological polar surface area (TPSA) is 66.5 Å². The van der Waals surface area contributed by atoms with E-state index in [0.717, 1.165) is 0 Å². The molecule has 0 aliphatic carbocycles. The lowest BCUT2D eigenvalue weighted by Crippen LogP contribution is -2.62. The maximum Gasteiger partial charge on any atom is 0.331 e. The van der Waals surface area contributed by atoms with Crippen molar-refractivity contribution < 1.29 is 14.4 Å². The standard InChI is InChI=1S/C12H20N2O3/c1-6(2)8(5)14-11(16)9(7(3)4)10(15)13-12(14)17/h6-9H,1-5H3,(H,13,15,17). The minimum Gasteiger partial charge on any atom is -0.277 e. The summed E-state index contributed by atoms with van der Waals surface area (Å²) in [4.78, 5) is 36.7. The van der Waals surface area contributed by atoms with Gasteiger partial charge in [0, 0.05) is 6.04 Å². The fraction of sp³-hybridized carbons (Fsp3) is 0.750. The van der Waals surface area contributed by atoms with E-state index in [2.05, 4.69) is 5.32 Å². The van der Waals surface area contributed by atoms with Gasteiger partial charge in [-0.1, -0.05) is 27.7 Å². The molecule has 1 heterocycles. The predicted octanol–water partition coefficient (Wildman–Crippen LogP) is 1.38. The first-order valence-corrected chi connectivity index (χ1v) is 5.95. The molecule has 1 rings (SSSR count). The van der Waals surface area contributed by atoms with Gasteiger partial charge >= 0.3 is 6.03 Å². The van der Waals surface area contributed by atoms with Crippen molar-refractivity contribution in [2.75, 3.05) is 0 Å². The highest BCUT2D eigenvalue weighted by Gasteiger charge is 2.44. The van der Waals surface area contributed by atoms with Crippen LogP contribution in [0, 0.1) is 17.8 Å². The Labute approximate surface area is 102 Å². The van der Waals surface area contributed by atoms with Gasteiger partial charge in [-0.05, 0) is 18.8 Å². The van der Waals surface area contributed by atoms with Crippen molar-refractivity contribution in [3.63, 3.8) is 0 Å². The van der Waals surface area contributed by atoms with E-state index in [-0.39, 0.29) is 23.8 Å². The lowest BCUT2D eigenvalue weighted by Gasteiger charge is -2.37. The first kappa shape index (κ1) is 13.7. The van der Waals surface area contributed by atoms with Crippen LogP contribution in [0.3, 0.4) is 0 Å². The second-order valence-electron chi connectivity index (χ2n) is 5.21. The monoisotopic (exact) mass is 240 g/mol. The largest absolute Gasteiger partial charge is 0.331 e. The zero-order valence-corrected chi connectivity index (χ0v) is 11.0. The molecule has 4 amide bonds. The molecule has 2 unspecified atom stereocenters. The summed E-state index contributed by atoms with van der Waals surface area (Å²) in [7, 11) is 0. The molecule has 0 saturated carbocycles. The molecule has 0 aromatic heterocycles. The molecule has 0 aromatic rings. The number of amides is 4. The number of imide groups is 2. The smallest absolute Gasteiger partial charge is 0.277 e. The number of hydrogen-bond acceptors (Lipinski definition) is 3. The number of nitrogens with zero attached hydrogens (tertiary/aromatic N) is 1. The Bertz CT molecular complexity index is 350. The van der Waals surface area contributed by atoms with E-state index in [1.165, 1.54) is 4.90 Å². The van der Waals surface area contributed by atoms with Crippen LogP contribution in [0.5, 0.6) is 0 Å². The molecule has 1 N–H and O–H groups in total. The van der Waals surface area contributed by atoms with Crippen molar-refractivity contribution in [2.45, 2.75) is 40.7 Å². The van der Waals surface area contributed by atoms with E-state index >= 15 is 0 Å². The number of nitrogens with one attached hydrogen (secondary N) is 1. The highest BCUT2D eigenvalue weighted by Crippen LogP contribution is 2.22. The summed E-state index contributed by atoms with van der Waals surface area (Å²) in [6.07, 6.45) is 0. The van der Waals surface area contributed by atoms with Gasteiger partial charge in [-0.2, -0.15) is 0 Å². The minimum absolute atomic E-state index is 0.113. The summed E-state index contributed by atoms with van der Waals surface area (Å²) in [6.45, 7) is 9.29. The number of hydrogen-bond donors (Lipinski definition) is 1. The summed E-state index contributed by atoms with van der Waals surface area (Å²) in [6, 6.07) is -0.810. The fourth-order valence-corrected chi connectivity index (χ4v) is 1.88. The third-order valence-corrected chi connectivity index (χ3v) is 3.27. The van der Waals surface area contributed by atoms with Crippen LogP contribution in [0.4, 0.5) is 4.79 Å². The number of carbonyl (C=O) groups is 3. The van der Waals surface area contributed by atoms with Crippen LogP contribution in [0.1, 0.15) is 34.6 Å². The van der Waals surface area contributed by atoms with E-state index < -0.39 is 17.9 Å². The quantitative estimate of drug-likeness (QED) is 0.758. The molecule has 1 aliphatic heterocycles. The van der Waals surface area contributed by atoms with Crippen LogP contribution in [-0.4, -0.2) is 28.8 Å². The zero-order chi connectivity index (χ0) is 13.3. The third kappa shape index (κ3) is 2.48. The van der Waals surface area contributed by atoms with Crippen LogP contribution >= 0.6 is 0 Å². The first-order chi connectivity index (χ1) is 7.77. The van der Waals surface area contributed by atoms with Gasteiger partial charge in [-0.15, -0.1) is 0 Å². The maximum atomic E-state index is 12.2. The molecule has 96 valence electrons. The van der Waals surface area contributed by atoms with Crippen molar-refractivity contribution in [3.05, 3.63) is 0 Å². The molecule has 17 heavy (non-hydrogen) atoms. The summed E-state index contributed by atoms with van der Waals surface area (Å²) in [5, 5.41) is 2.25. The molecule has 5 nitrogen and oxygen atoms in total. The molecule has 1 aliphatic rings. The second kappa shape index (κ2) is 4.85. The second-order valence-corrected chi connectivity index (χ2v) is 5.21. The highest BCUT2D eigenvalue weighted by molar-refractivity contribution is 6.16. The van der Waals surface area contributed by atoms with Gasteiger partial charge in [0.25, 0.3) is 0 Å². The van der Waals surface area contributed by atoms with Gasteiger partial charge < -0.3 is 0 Å². The van der Waals surface area contributed by atoms with Crippen LogP contribution in [0.25, 0.3) is 0 Å². The molecule has 5 heteroatoms. The SMILES string of the molecule is CC(C)C1C(=O)NC(=O)N(C(C)C(C)C)C1=O. The fourth-order valence-electron chi connectivity index (χ4n) is 1.88. The van der Waals surface area contributed by atoms with Crippen LogP contribution in [0.15, 0.2) is 0 Å². The Morgan fingerprint density at radius 3 is 2.00 bits per heavy atom. The Balaban J connectivity index is 3.02. The molecule has 1 fully saturated rings. The summed E-state index contributed by atoms with van der Waals surface area (Å²) in [5.74, 6) is -1.57. The van der Waals surface area contributed by atoms with Crippen molar-refractivity contribution in [1.29, 1.82) is 0 Å². The Morgan fingerprint density at radius 1 is 1.06 bits per heavy atom. The highest BCUT2D eigenvalue weighted by atomic mass is 16.2. The normalized spacial score (nSPS) is 23.4. The number of rotatable bonds is 3. The van der Waals surface area contributed by atoms with Crippen molar-refractivity contribution >= 4 is 17.8 Å². The van der Waals surface area contributed by atoms with E-state index in [0.29, 0.717) is 0 Å². The summed E-state index contributed by atoms with van der Waals surface area (Å²) >= 11 is 0. The first-order valence-electron chi connectivity index (χ1n) is 5.95. The lowest BCUT2D eigenvalue weighted by atomic mass is 9.90. The Hall–Kier alpha value is -1.39. The van der Waals surface area contributed by atoms with E-state index in [4.69, 9.17) is 0 Å². The van der Waals surface area contributed by atoms with Gasteiger partial charge in [-0.25, -0.2) is 4.79 Å². The van der Waals surface area contributed by atoms with Crippen LogP contribution < -0.4 is 5.32 Å².